The number of nitrogens with zero attached hydrogens (tertiary/aromatic N) is 1. The van der Waals surface area contributed by atoms with Crippen LogP contribution in [0.3, 0.4) is 0 Å². The number of nitrogens with one attached hydrogen (secondary N) is 1. The van der Waals surface area contributed by atoms with Gasteiger partial charge >= 0.3 is 0 Å². The summed E-state index contributed by atoms with van der Waals surface area (Å²) >= 11 is 6.13. The lowest BCUT2D eigenvalue weighted by Crippen LogP contribution is -2.50. The van der Waals surface area contributed by atoms with E-state index in [0.29, 0.717) is 16.3 Å². The van der Waals surface area contributed by atoms with Crippen LogP contribution >= 0.6 is 11.6 Å². The molecule has 3 aliphatic heterocycles. The molecule has 3 aromatic rings. The summed E-state index contributed by atoms with van der Waals surface area (Å²) in [7, 11) is 0. The average Bonchev–Trinajstić information content (AvgIpc) is 3.35. The summed E-state index contributed by atoms with van der Waals surface area (Å²) in [5.74, 6) is -1.54. The molecule has 1 saturated heterocycles. The number of rotatable bonds is 3. The highest BCUT2D eigenvalue weighted by Crippen LogP contribution is 2.62. The van der Waals surface area contributed by atoms with E-state index in [1.165, 1.54) is 0 Å². The summed E-state index contributed by atoms with van der Waals surface area (Å²) < 4.78 is 0. The molecule has 6 heteroatoms. The Balaban J connectivity index is 1.69. The predicted molar refractivity (Wildman–Crippen MR) is 144 cm³/mol. The van der Waals surface area contributed by atoms with Crippen molar-refractivity contribution in [2.45, 2.75) is 38.3 Å². The van der Waals surface area contributed by atoms with E-state index in [-0.39, 0.29) is 17.5 Å². The fourth-order valence-electron chi connectivity index (χ4n) is 6.41. The summed E-state index contributed by atoms with van der Waals surface area (Å²) in [5, 5.41) is 3.58. The maximum Gasteiger partial charge on any atom is 0.238 e. The summed E-state index contributed by atoms with van der Waals surface area (Å²) in [6.07, 6.45) is 3.86. The molecule has 0 aromatic heterocycles. The van der Waals surface area contributed by atoms with Crippen LogP contribution in [0.25, 0.3) is 6.08 Å². The number of para-hydroxylation sites is 1. The van der Waals surface area contributed by atoms with E-state index in [1.807, 2.05) is 86.5 Å². The third kappa shape index (κ3) is 3.27. The highest BCUT2D eigenvalue weighted by Gasteiger charge is 2.71. The van der Waals surface area contributed by atoms with Gasteiger partial charge in [-0.05, 0) is 53.1 Å². The highest BCUT2D eigenvalue weighted by molar-refractivity contribution is 6.30. The zero-order chi connectivity index (χ0) is 26.1. The Morgan fingerprint density at radius 3 is 2.35 bits per heavy atom. The Bertz CT molecular complexity index is 1490. The molecule has 0 bridgehead atoms. The van der Waals surface area contributed by atoms with E-state index in [9.17, 15) is 14.4 Å². The van der Waals surface area contributed by atoms with Gasteiger partial charge in [-0.1, -0.05) is 74.8 Å². The molecule has 0 aliphatic carbocycles. The van der Waals surface area contributed by atoms with Gasteiger partial charge < -0.3 is 10.2 Å². The molecule has 0 saturated carbocycles. The quantitative estimate of drug-likeness (QED) is 0.435. The number of ketones is 2. The molecule has 5 nitrogen and oxygen atoms in total. The average molecular weight is 511 g/mol. The topological polar surface area (TPSA) is 66.5 Å². The van der Waals surface area contributed by atoms with Crippen molar-refractivity contribution < 1.29 is 14.4 Å². The molecule has 0 unspecified atom stereocenters. The second kappa shape index (κ2) is 8.15. The fourth-order valence-corrected chi connectivity index (χ4v) is 6.53. The van der Waals surface area contributed by atoms with Gasteiger partial charge in [-0.3, -0.25) is 14.4 Å². The second-order valence-corrected chi connectivity index (χ2v) is 11.5. The fraction of sp³-hybridized carbons (Fsp3) is 0.258. The highest BCUT2D eigenvalue weighted by atomic mass is 35.5. The number of carbonyl (C=O) groups is 3. The molecule has 1 amide bonds. The zero-order valence-electron chi connectivity index (χ0n) is 20.9. The normalized spacial score (nSPS) is 25.5. The van der Waals surface area contributed by atoms with Gasteiger partial charge in [0.2, 0.25) is 5.91 Å². The minimum Gasteiger partial charge on any atom is -0.358 e. The number of halogens is 1. The van der Waals surface area contributed by atoms with Crippen LogP contribution < -0.4 is 5.32 Å². The van der Waals surface area contributed by atoms with E-state index in [4.69, 9.17) is 11.6 Å². The number of carbonyl (C=O) groups excluding carboxylic acids is 3. The van der Waals surface area contributed by atoms with Crippen LogP contribution in [0.1, 0.15) is 53.9 Å². The van der Waals surface area contributed by atoms with Gasteiger partial charge in [0.05, 0.1) is 18.0 Å². The first-order valence-electron chi connectivity index (χ1n) is 12.5. The standard InChI is InChI=1S/C31H27ClN2O3/c1-30(2,3)28(36)25-24(26(35)19-12-14-20(32)15-13-19)31(22-10-6-7-11-23(22)33-29(31)37)27-21-9-5-4-8-18(21)16-17-34(25)27/h4-17,24-25,27H,1-3H3,(H,33,37)/t24-,25-,27+,31+/m0/s1. The lowest BCUT2D eigenvalue weighted by atomic mass is 9.62. The summed E-state index contributed by atoms with van der Waals surface area (Å²) in [4.78, 5) is 45.0. The molecule has 1 N–H and O–H groups in total. The van der Waals surface area contributed by atoms with Crippen molar-refractivity contribution in [2.75, 3.05) is 5.32 Å². The molecular weight excluding hydrogens is 484 g/mol. The minimum absolute atomic E-state index is 0.0806. The molecule has 3 aliphatic rings. The van der Waals surface area contributed by atoms with Crippen LogP contribution in [-0.2, 0) is 15.0 Å². The first kappa shape index (κ1) is 23.7. The first-order valence-corrected chi connectivity index (χ1v) is 12.8. The number of anilines is 1. The summed E-state index contributed by atoms with van der Waals surface area (Å²) in [6.45, 7) is 5.59. The van der Waals surface area contributed by atoms with Crippen LogP contribution in [0, 0.1) is 11.3 Å². The lowest BCUT2D eigenvalue weighted by molar-refractivity contribution is -0.131. The van der Waals surface area contributed by atoms with E-state index >= 15 is 0 Å². The maximum absolute atomic E-state index is 14.5. The molecule has 6 rings (SSSR count). The molecule has 1 spiro atoms. The van der Waals surface area contributed by atoms with Crippen molar-refractivity contribution >= 4 is 40.8 Å². The third-order valence-corrected chi connectivity index (χ3v) is 8.24. The number of amides is 1. The largest absolute Gasteiger partial charge is 0.358 e. The van der Waals surface area contributed by atoms with E-state index in [1.54, 1.807) is 24.3 Å². The summed E-state index contributed by atoms with van der Waals surface area (Å²) in [5.41, 5.74) is 1.71. The monoisotopic (exact) mass is 510 g/mol. The molecular formula is C31H27ClN2O3. The van der Waals surface area contributed by atoms with Gasteiger partial charge in [0, 0.05) is 27.9 Å². The molecule has 3 aromatic carbocycles. The predicted octanol–water partition coefficient (Wildman–Crippen LogP) is 6.05. The van der Waals surface area contributed by atoms with Gasteiger partial charge in [-0.15, -0.1) is 0 Å². The van der Waals surface area contributed by atoms with Crippen molar-refractivity contribution in [3.05, 3.63) is 106 Å². The van der Waals surface area contributed by atoms with Gasteiger partial charge in [0.1, 0.15) is 5.41 Å². The van der Waals surface area contributed by atoms with Crippen molar-refractivity contribution in [2.24, 2.45) is 11.3 Å². The van der Waals surface area contributed by atoms with E-state index < -0.39 is 28.8 Å². The number of fused-ring (bicyclic) bond motifs is 6. The minimum atomic E-state index is -1.31. The number of Topliss-reactive ketones (excluding diaryl/α,β-unsaturated/α-hetero) is 2. The van der Waals surface area contributed by atoms with E-state index in [0.717, 1.165) is 16.7 Å². The van der Waals surface area contributed by atoms with Gasteiger partial charge in [0.15, 0.2) is 11.6 Å². The van der Waals surface area contributed by atoms with E-state index in [2.05, 4.69) is 5.32 Å². The third-order valence-electron chi connectivity index (χ3n) is 7.99. The Kier molecular flexibility index (Phi) is 5.22. The van der Waals surface area contributed by atoms with Crippen molar-refractivity contribution in [1.82, 2.24) is 4.90 Å². The Labute approximate surface area is 221 Å². The molecule has 0 radical (unpaired) electrons. The zero-order valence-corrected chi connectivity index (χ0v) is 21.6. The SMILES string of the molecule is CC(C)(C)C(=O)[C@@H]1[C@@H](C(=O)c2ccc(Cl)cc2)[C@@]2(C(=O)Nc3ccccc32)[C@H]2c3ccccc3C=CN12. The molecule has 186 valence electrons. The van der Waals surface area contributed by atoms with Gasteiger partial charge in [0.25, 0.3) is 0 Å². The maximum atomic E-state index is 14.5. The van der Waals surface area contributed by atoms with Crippen LogP contribution in [0.15, 0.2) is 79.0 Å². The van der Waals surface area contributed by atoms with Gasteiger partial charge in [-0.25, -0.2) is 0 Å². The number of hydrogen-bond acceptors (Lipinski definition) is 4. The molecule has 37 heavy (non-hydrogen) atoms. The number of hydrogen-bond donors (Lipinski definition) is 1. The Hall–Kier alpha value is -3.70. The molecule has 4 atom stereocenters. The van der Waals surface area contributed by atoms with Crippen molar-refractivity contribution in [3.63, 3.8) is 0 Å². The molecule has 1 fully saturated rings. The van der Waals surface area contributed by atoms with Crippen LogP contribution in [0.2, 0.25) is 5.02 Å². The number of benzene rings is 3. The summed E-state index contributed by atoms with van der Waals surface area (Å²) in [6, 6.07) is 20.8. The van der Waals surface area contributed by atoms with Crippen LogP contribution in [-0.4, -0.2) is 28.4 Å². The van der Waals surface area contributed by atoms with Crippen molar-refractivity contribution in [3.8, 4) is 0 Å². The lowest BCUT2D eigenvalue weighted by Gasteiger charge is -2.38. The Morgan fingerprint density at radius 1 is 0.946 bits per heavy atom. The van der Waals surface area contributed by atoms with Crippen LogP contribution in [0.5, 0.6) is 0 Å². The second-order valence-electron chi connectivity index (χ2n) is 11.1. The van der Waals surface area contributed by atoms with Crippen LogP contribution in [0.4, 0.5) is 5.69 Å². The van der Waals surface area contributed by atoms with Crippen molar-refractivity contribution in [1.29, 1.82) is 0 Å². The first-order chi connectivity index (χ1) is 17.7. The van der Waals surface area contributed by atoms with Gasteiger partial charge in [-0.2, -0.15) is 0 Å². The Morgan fingerprint density at radius 2 is 1.62 bits per heavy atom. The smallest absolute Gasteiger partial charge is 0.238 e. The molecule has 3 heterocycles.